The number of rotatable bonds is 8. The van der Waals surface area contributed by atoms with Crippen LogP contribution in [-0.4, -0.2) is 86.3 Å². The molecular formula is C24H35BrN4O4S2. The molecule has 0 spiro atoms. The Balaban J connectivity index is 1.34. The quantitative estimate of drug-likeness (QED) is 0.505. The van der Waals surface area contributed by atoms with Crippen molar-refractivity contribution < 1.29 is 18.0 Å². The van der Waals surface area contributed by atoms with Crippen LogP contribution >= 0.6 is 27.3 Å². The van der Waals surface area contributed by atoms with Gasteiger partial charge in [0.25, 0.3) is 0 Å². The fourth-order valence-electron chi connectivity index (χ4n) is 5.23. The summed E-state index contributed by atoms with van der Waals surface area (Å²) in [6.07, 6.45) is 9.47. The first-order valence-electron chi connectivity index (χ1n) is 12.6. The number of nitrogens with one attached hydrogen (secondary N) is 1. The van der Waals surface area contributed by atoms with Crippen LogP contribution in [0, 0.1) is 0 Å². The average molecular weight is 588 g/mol. The van der Waals surface area contributed by atoms with Gasteiger partial charge >= 0.3 is 0 Å². The third-order valence-electron chi connectivity index (χ3n) is 7.03. The average Bonchev–Trinajstić information content (AvgIpc) is 3.26. The highest BCUT2D eigenvalue weighted by Crippen LogP contribution is 2.24. The van der Waals surface area contributed by atoms with E-state index < -0.39 is 16.1 Å². The first-order chi connectivity index (χ1) is 16.8. The molecule has 1 aromatic rings. The summed E-state index contributed by atoms with van der Waals surface area (Å²) in [5.74, 6) is -0.336. The Hall–Kier alpha value is -1.27. The molecule has 35 heavy (non-hydrogen) atoms. The van der Waals surface area contributed by atoms with Crippen LogP contribution in [0.3, 0.4) is 0 Å². The minimum absolute atomic E-state index is 0.0205. The van der Waals surface area contributed by atoms with Crippen LogP contribution in [0.2, 0.25) is 0 Å². The van der Waals surface area contributed by atoms with Crippen LogP contribution < -0.4 is 4.72 Å². The van der Waals surface area contributed by atoms with E-state index in [0.29, 0.717) is 19.4 Å². The van der Waals surface area contributed by atoms with Crippen molar-refractivity contribution in [3.8, 4) is 0 Å². The van der Waals surface area contributed by atoms with Crippen molar-refractivity contribution in [2.24, 2.45) is 0 Å². The summed E-state index contributed by atoms with van der Waals surface area (Å²) < 4.78 is 28.6. The Labute approximate surface area is 220 Å². The van der Waals surface area contributed by atoms with Crippen molar-refractivity contribution in [1.82, 2.24) is 19.4 Å². The smallest absolute Gasteiger partial charge is 0.242 e. The number of piperidine rings is 3. The predicted octanol–water partition coefficient (Wildman–Crippen LogP) is 3.26. The molecule has 2 atom stereocenters. The van der Waals surface area contributed by atoms with E-state index in [1.807, 2.05) is 17.0 Å². The molecule has 4 heterocycles. The summed E-state index contributed by atoms with van der Waals surface area (Å²) in [4.78, 5) is 33.1. The minimum Gasteiger partial charge on any atom is -0.337 e. The predicted molar refractivity (Wildman–Crippen MR) is 142 cm³/mol. The van der Waals surface area contributed by atoms with Crippen molar-refractivity contribution in [3.63, 3.8) is 0 Å². The molecular weight excluding hydrogens is 552 g/mol. The SMILES string of the molecule is O=C1[C@@H](NS(=O)(=O)C=Cc2ccc(Br)s2)CCCN1CC(=O)N1CCCCC1CN1CCCCC1. The lowest BCUT2D eigenvalue weighted by atomic mass is 10.00. The van der Waals surface area contributed by atoms with Gasteiger partial charge in [0, 0.05) is 36.0 Å². The Morgan fingerprint density at radius 2 is 1.83 bits per heavy atom. The van der Waals surface area contributed by atoms with Gasteiger partial charge < -0.3 is 14.7 Å². The van der Waals surface area contributed by atoms with Crippen LogP contribution in [0.15, 0.2) is 21.3 Å². The fraction of sp³-hybridized carbons (Fsp3) is 0.667. The van der Waals surface area contributed by atoms with Gasteiger partial charge in [-0.1, -0.05) is 6.42 Å². The maximum absolute atomic E-state index is 13.3. The number of sulfonamides is 1. The summed E-state index contributed by atoms with van der Waals surface area (Å²) in [5.41, 5.74) is 0. The number of halogens is 1. The summed E-state index contributed by atoms with van der Waals surface area (Å²) in [6, 6.07) is 3.03. The summed E-state index contributed by atoms with van der Waals surface area (Å²) >= 11 is 4.78. The lowest BCUT2D eigenvalue weighted by molar-refractivity contribution is -0.145. The third kappa shape index (κ3) is 7.61. The van der Waals surface area contributed by atoms with Crippen molar-refractivity contribution >= 4 is 55.2 Å². The van der Waals surface area contributed by atoms with Gasteiger partial charge in [-0.2, -0.15) is 4.72 Å². The molecule has 0 radical (unpaired) electrons. The van der Waals surface area contributed by atoms with Crippen molar-refractivity contribution in [1.29, 1.82) is 0 Å². The van der Waals surface area contributed by atoms with Gasteiger partial charge in [-0.15, -0.1) is 11.3 Å². The Kier molecular flexibility index (Phi) is 9.42. The number of likely N-dealkylation sites (tertiary alicyclic amines) is 3. The van der Waals surface area contributed by atoms with Gasteiger partial charge in [-0.05, 0) is 92.2 Å². The van der Waals surface area contributed by atoms with E-state index >= 15 is 0 Å². The highest BCUT2D eigenvalue weighted by molar-refractivity contribution is 9.11. The van der Waals surface area contributed by atoms with Crippen molar-refractivity contribution in [2.45, 2.75) is 63.5 Å². The number of carbonyl (C=O) groups is 2. The number of amides is 2. The molecule has 8 nitrogen and oxygen atoms in total. The van der Waals surface area contributed by atoms with Gasteiger partial charge in [-0.3, -0.25) is 9.59 Å². The highest BCUT2D eigenvalue weighted by atomic mass is 79.9. The Morgan fingerprint density at radius 3 is 2.57 bits per heavy atom. The van der Waals surface area contributed by atoms with Crippen LogP contribution in [0.4, 0.5) is 0 Å². The largest absolute Gasteiger partial charge is 0.337 e. The van der Waals surface area contributed by atoms with E-state index in [9.17, 15) is 18.0 Å². The van der Waals surface area contributed by atoms with E-state index in [-0.39, 0.29) is 24.4 Å². The van der Waals surface area contributed by atoms with Gasteiger partial charge in [0.2, 0.25) is 21.8 Å². The molecule has 3 aliphatic heterocycles. The first kappa shape index (κ1) is 26.8. The number of hydrogen-bond acceptors (Lipinski definition) is 6. The Morgan fingerprint density at radius 1 is 1.06 bits per heavy atom. The van der Waals surface area contributed by atoms with Gasteiger partial charge in [-0.25, -0.2) is 8.42 Å². The molecule has 1 N–H and O–H groups in total. The molecule has 3 saturated heterocycles. The van der Waals surface area contributed by atoms with E-state index in [0.717, 1.165) is 59.5 Å². The number of nitrogens with zero attached hydrogens (tertiary/aromatic N) is 3. The first-order valence-corrected chi connectivity index (χ1v) is 15.7. The van der Waals surface area contributed by atoms with Gasteiger partial charge in [0.05, 0.1) is 10.3 Å². The monoisotopic (exact) mass is 586 g/mol. The zero-order valence-corrected chi connectivity index (χ0v) is 23.3. The topological polar surface area (TPSA) is 90.0 Å². The second-order valence-corrected chi connectivity index (χ2v) is 13.8. The number of hydrogen-bond donors (Lipinski definition) is 1. The van der Waals surface area contributed by atoms with Gasteiger partial charge in [0.1, 0.15) is 6.04 Å². The number of thiophene rings is 1. The maximum atomic E-state index is 13.3. The van der Waals surface area contributed by atoms with Gasteiger partial charge in [0.15, 0.2) is 0 Å². The maximum Gasteiger partial charge on any atom is 0.242 e. The van der Waals surface area contributed by atoms with E-state index in [4.69, 9.17) is 0 Å². The van der Waals surface area contributed by atoms with Crippen LogP contribution in [0.1, 0.15) is 56.2 Å². The van der Waals surface area contributed by atoms with Crippen molar-refractivity contribution in [2.75, 3.05) is 39.3 Å². The standard InChI is InChI=1S/C24H35BrN4O4S2/c25-22-10-9-20(34-22)11-16-35(32,33)26-21-8-6-14-28(24(21)31)18-23(30)29-15-5-2-7-19(29)17-27-12-3-1-4-13-27/h9-11,16,19,21,26H,1-8,12-15,17-18H2/t19?,21-/m0/s1. The third-order valence-corrected chi connectivity index (χ3v) is 9.73. The second-order valence-electron chi connectivity index (χ2n) is 9.66. The molecule has 3 aliphatic rings. The second kappa shape index (κ2) is 12.3. The lowest BCUT2D eigenvalue weighted by Gasteiger charge is -2.41. The molecule has 2 amide bonds. The molecule has 11 heteroatoms. The minimum atomic E-state index is -3.79. The fourth-order valence-corrected chi connectivity index (χ4v) is 7.66. The molecule has 194 valence electrons. The van der Waals surface area contributed by atoms with E-state index in [1.54, 1.807) is 0 Å². The van der Waals surface area contributed by atoms with E-state index in [1.165, 1.54) is 41.6 Å². The summed E-state index contributed by atoms with van der Waals surface area (Å²) in [6.45, 7) is 4.35. The molecule has 0 aliphatic carbocycles. The highest BCUT2D eigenvalue weighted by Gasteiger charge is 2.35. The lowest BCUT2D eigenvalue weighted by Crippen LogP contribution is -2.57. The molecule has 0 aromatic carbocycles. The molecule has 0 bridgehead atoms. The van der Waals surface area contributed by atoms with Crippen LogP contribution in [0.5, 0.6) is 0 Å². The van der Waals surface area contributed by atoms with Crippen LogP contribution in [0.25, 0.3) is 6.08 Å². The molecule has 0 saturated carbocycles. The normalized spacial score (nSPS) is 24.9. The van der Waals surface area contributed by atoms with Crippen LogP contribution in [-0.2, 0) is 19.6 Å². The molecule has 1 unspecified atom stereocenters. The number of carbonyl (C=O) groups excluding carboxylic acids is 2. The zero-order valence-electron chi connectivity index (χ0n) is 20.0. The molecule has 4 rings (SSSR count). The molecule has 1 aromatic heterocycles. The van der Waals surface area contributed by atoms with E-state index in [2.05, 4.69) is 25.6 Å². The molecule has 3 fully saturated rings. The zero-order chi connectivity index (χ0) is 24.8. The Bertz CT molecular complexity index is 1020. The summed E-state index contributed by atoms with van der Waals surface area (Å²) in [5, 5.41) is 1.10. The van der Waals surface area contributed by atoms with Crippen molar-refractivity contribution in [3.05, 3.63) is 26.2 Å². The summed E-state index contributed by atoms with van der Waals surface area (Å²) in [7, 11) is -3.79.